The summed E-state index contributed by atoms with van der Waals surface area (Å²) < 4.78 is 0. The zero-order valence-corrected chi connectivity index (χ0v) is 12.8. The van der Waals surface area contributed by atoms with Crippen LogP contribution in [0.3, 0.4) is 0 Å². The highest BCUT2D eigenvalue weighted by Crippen LogP contribution is 2.33. The monoisotopic (exact) mass is 292 g/mol. The maximum Gasteiger partial charge on any atom is 0.0510 e. The first-order chi connectivity index (χ1) is 9.29. The van der Waals surface area contributed by atoms with Gasteiger partial charge in [0.05, 0.1) is 6.04 Å². The van der Waals surface area contributed by atoms with Crippen LogP contribution in [0.4, 0.5) is 0 Å². The Kier molecular flexibility index (Phi) is 4.03. The summed E-state index contributed by atoms with van der Waals surface area (Å²) in [7, 11) is 0. The van der Waals surface area contributed by atoms with E-state index in [1.165, 1.54) is 17.5 Å². The van der Waals surface area contributed by atoms with Crippen molar-refractivity contribution in [2.24, 2.45) is 5.73 Å². The quantitative estimate of drug-likeness (QED) is 0.932. The van der Waals surface area contributed by atoms with Gasteiger partial charge in [-0.05, 0) is 52.2 Å². The molecule has 1 aliphatic rings. The van der Waals surface area contributed by atoms with Gasteiger partial charge in [0.1, 0.15) is 0 Å². The lowest BCUT2D eigenvalue weighted by Gasteiger charge is -2.37. The Morgan fingerprint density at radius 2 is 2.26 bits per heavy atom. The van der Waals surface area contributed by atoms with Crippen LogP contribution in [0.2, 0.25) is 0 Å². The lowest BCUT2D eigenvalue weighted by atomic mass is 9.96. The second-order valence-electron chi connectivity index (χ2n) is 5.16. The van der Waals surface area contributed by atoms with E-state index in [-0.39, 0.29) is 6.04 Å². The highest BCUT2D eigenvalue weighted by molar-refractivity contribution is 7.10. The molecule has 0 bridgehead atoms. The van der Waals surface area contributed by atoms with Crippen LogP contribution in [0.15, 0.2) is 28.3 Å². The van der Waals surface area contributed by atoms with E-state index >= 15 is 0 Å². The average Bonchev–Trinajstić information content (AvgIpc) is 3.08. The molecular weight excluding hydrogens is 272 g/mol. The van der Waals surface area contributed by atoms with Gasteiger partial charge in [0.25, 0.3) is 0 Å². The third kappa shape index (κ3) is 2.63. The zero-order valence-electron chi connectivity index (χ0n) is 11.2. The molecule has 0 saturated carbocycles. The van der Waals surface area contributed by atoms with Crippen molar-refractivity contribution in [3.05, 3.63) is 44.3 Å². The predicted octanol–water partition coefficient (Wildman–Crippen LogP) is 3.65. The van der Waals surface area contributed by atoms with Crippen molar-refractivity contribution in [3.8, 4) is 0 Å². The lowest BCUT2D eigenvalue weighted by molar-refractivity contribution is 0.154. The summed E-state index contributed by atoms with van der Waals surface area (Å²) in [4.78, 5) is 4.12. The van der Waals surface area contributed by atoms with E-state index in [9.17, 15) is 0 Å². The third-order valence-electron chi connectivity index (χ3n) is 3.99. The highest BCUT2D eigenvalue weighted by Gasteiger charge is 2.29. The van der Waals surface area contributed by atoms with E-state index in [0.29, 0.717) is 6.04 Å². The van der Waals surface area contributed by atoms with Gasteiger partial charge in [-0.3, -0.25) is 4.90 Å². The molecule has 0 fully saturated rings. The smallest absolute Gasteiger partial charge is 0.0510 e. The Balaban J connectivity index is 1.85. The van der Waals surface area contributed by atoms with E-state index in [4.69, 9.17) is 5.73 Å². The molecule has 0 aliphatic carbocycles. The summed E-state index contributed by atoms with van der Waals surface area (Å²) in [6, 6.07) is 5.08. The molecule has 2 aromatic rings. The van der Waals surface area contributed by atoms with Crippen LogP contribution in [0.1, 0.15) is 35.4 Å². The molecule has 4 heteroatoms. The summed E-state index contributed by atoms with van der Waals surface area (Å²) in [6.07, 6.45) is 2.19. The molecule has 2 aromatic heterocycles. The molecule has 0 amide bonds. The molecular formula is C15H20N2S2. The van der Waals surface area contributed by atoms with Gasteiger partial charge in [-0.2, -0.15) is 11.3 Å². The van der Waals surface area contributed by atoms with E-state index in [2.05, 4.69) is 40.1 Å². The zero-order chi connectivity index (χ0) is 13.2. The van der Waals surface area contributed by atoms with Gasteiger partial charge < -0.3 is 5.73 Å². The Morgan fingerprint density at radius 3 is 3.00 bits per heavy atom. The minimum Gasteiger partial charge on any atom is -0.326 e. The van der Waals surface area contributed by atoms with Crippen LogP contribution < -0.4 is 5.73 Å². The fraction of sp³-hybridized carbons (Fsp3) is 0.467. The molecule has 2 N–H and O–H groups in total. The molecule has 0 spiro atoms. The number of hydrogen-bond acceptors (Lipinski definition) is 4. The SMILES string of the molecule is CCC(N)C(c1ccsc1)N1CCc2sccc2C1. The molecule has 102 valence electrons. The molecule has 3 heterocycles. The summed E-state index contributed by atoms with van der Waals surface area (Å²) >= 11 is 3.66. The van der Waals surface area contributed by atoms with Crippen molar-refractivity contribution in [1.82, 2.24) is 4.90 Å². The molecule has 1 aliphatic heterocycles. The molecule has 2 unspecified atom stereocenters. The number of nitrogens with two attached hydrogens (primary N) is 1. The normalized spacial score (nSPS) is 19.1. The molecule has 0 saturated heterocycles. The number of hydrogen-bond donors (Lipinski definition) is 1. The van der Waals surface area contributed by atoms with Crippen molar-refractivity contribution < 1.29 is 0 Å². The van der Waals surface area contributed by atoms with Gasteiger partial charge in [-0.25, -0.2) is 0 Å². The fourth-order valence-corrected chi connectivity index (χ4v) is 4.48. The lowest BCUT2D eigenvalue weighted by Crippen LogP contribution is -2.42. The number of thiophene rings is 2. The van der Waals surface area contributed by atoms with E-state index in [1.54, 1.807) is 16.2 Å². The fourth-order valence-electron chi connectivity index (χ4n) is 2.90. The van der Waals surface area contributed by atoms with E-state index in [1.807, 2.05) is 11.3 Å². The molecule has 2 nitrogen and oxygen atoms in total. The predicted molar refractivity (Wildman–Crippen MR) is 83.8 cm³/mol. The molecule has 2 atom stereocenters. The van der Waals surface area contributed by atoms with Gasteiger partial charge in [-0.15, -0.1) is 11.3 Å². The van der Waals surface area contributed by atoms with Gasteiger partial charge in [0, 0.05) is 24.0 Å². The van der Waals surface area contributed by atoms with Crippen molar-refractivity contribution in [2.45, 2.75) is 38.4 Å². The first-order valence-electron chi connectivity index (χ1n) is 6.86. The van der Waals surface area contributed by atoms with Gasteiger partial charge in [-0.1, -0.05) is 6.92 Å². The maximum atomic E-state index is 6.40. The van der Waals surface area contributed by atoms with Crippen LogP contribution in [-0.4, -0.2) is 17.5 Å². The van der Waals surface area contributed by atoms with Crippen LogP contribution in [-0.2, 0) is 13.0 Å². The van der Waals surface area contributed by atoms with Crippen LogP contribution >= 0.6 is 22.7 Å². The Bertz CT molecular complexity index is 518. The first kappa shape index (κ1) is 13.3. The van der Waals surface area contributed by atoms with Gasteiger partial charge in [0.15, 0.2) is 0 Å². The first-order valence-corrected chi connectivity index (χ1v) is 8.68. The standard InChI is InChI=1S/C15H20N2S2/c1-2-13(16)15(12-4-7-18-10-12)17-6-3-14-11(9-17)5-8-19-14/h4-5,7-8,10,13,15H,2-3,6,9,16H2,1H3. The van der Waals surface area contributed by atoms with E-state index in [0.717, 1.165) is 19.5 Å². The van der Waals surface area contributed by atoms with Gasteiger partial charge in [0.2, 0.25) is 0 Å². The minimum absolute atomic E-state index is 0.217. The Morgan fingerprint density at radius 1 is 1.37 bits per heavy atom. The average molecular weight is 292 g/mol. The summed E-state index contributed by atoms with van der Waals surface area (Å²) in [5.41, 5.74) is 9.29. The van der Waals surface area contributed by atoms with Crippen molar-refractivity contribution in [2.75, 3.05) is 6.54 Å². The summed E-state index contributed by atoms with van der Waals surface area (Å²) in [5, 5.41) is 6.63. The van der Waals surface area contributed by atoms with E-state index < -0.39 is 0 Å². The van der Waals surface area contributed by atoms with Gasteiger partial charge >= 0.3 is 0 Å². The second-order valence-corrected chi connectivity index (χ2v) is 6.94. The van der Waals surface area contributed by atoms with Crippen molar-refractivity contribution >= 4 is 22.7 Å². The maximum absolute atomic E-state index is 6.40. The molecule has 0 aromatic carbocycles. The summed E-state index contributed by atoms with van der Waals surface area (Å²) in [6.45, 7) is 4.36. The van der Waals surface area contributed by atoms with Crippen molar-refractivity contribution in [3.63, 3.8) is 0 Å². The molecule has 3 rings (SSSR count). The molecule has 0 radical (unpaired) electrons. The highest BCUT2D eigenvalue weighted by atomic mass is 32.1. The van der Waals surface area contributed by atoms with Crippen LogP contribution in [0.25, 0.3) is 0 Å². The number of fused-ring (bicyclic) bond motifs is 1. The Hall–Kier alpha value is -0.680. The topological polar surface area (TPSA) is 29.3 Å². The van der Waals surface area contributed by atoms with Crippen LogP contribution in [0.5, 0.6) is 0 Å². The second kappa shape index (κ2) is 5.75. The third-order valence-corrected chi connectivity index (χ3v) is 5.72. The summed E-state index contributed by atoms with van der Waals surface area (Å²) in [5.74, 6) is 0. The number of nitrogens with zero attached hydrogens (tertiary/aromatic N) is 1. The minimum atomic E-state index is 0.217. The molecule has 19 heavy (non-hydrogen) atoms. The number of rotatable bonds is 4. The Labute approximate surface area is 122 Å². The van der Waals surface area contributed by atoms with Crippen LogP contribution in [0, 0.1) is 0 Å². The van der Waals surface area contributed by atoms with Crippen molar-refractivity contribution in [1.29, 1.82) is 0 Å². The largest absolute Gasteiger partial charge is 0.326 e.